The molecule has 1 saturated heterocycles. The number of benzene rings is 2. The second-order valence-electron chi connectivity index (χ2n) is 7.97. The highest BCUT2D eigenvalue weighted by molar-refractivity contribution is 7.84. The van der Waals surface area contributed by atoms with Crippen molar-refractivity contribution in [1.82, 2.24) is 14.9 Å². The Morgan fingerprint density at radius 3 is 2.59 bits per heavy atom. The van der Waals surface area contributed by atoms with E-state index in [0.29, 0.717) is 24.3 Å². The Morgan fingerprint density at radius 2 is 1.94 bits per heavy atom. The van der Waals surface area contributed by atoms with E-state index in [1.165, 1.54) is 24.6 Å². The van der Waals surface area contributed by atoms with E-state index in [2.05, 4.69) is 20.6 Å². The maximum absolute atomic E-state index is 14.3. The lowest BCUT2D eigenvalue weighted by molar-refractivity contribution is 0.0793. The van der Waals surface area contributed by atoms with E-state index in [1.807, 2.05) is 30.3 Å². The molecule has 3 N–H and O–H groups in total. The van der Waals surface area contributed by atoms with Crippen LogP contribution in [-0.4, -0.2) is 56.0 Å². The van der Waals surface area contributed by atoms with E-state index in [4.69, 9.17) is 0 Å². The number of carbonyl (C=O) groups excluding carboxylic acids is 1. The predicted molar refractivity (Wildman–Crippen MR) is 129 cm³/mol. The third kappa shape index (κ3) is 5.40. The van der Waals surface area contributed by atoms with Gasteiger partial charge in [0.15, 0.2) is 0 Å². The number of hydrogen-bond acceptors (Lipinski definition) is 7. The Morgan fingerprint density at radius 1 is 1.21 bits per heavy atom. The summed E-state index contributed by atoms with van der Waals surface area (Å²) in [6, 6.07) is 13.1. The van der Waals surface area contributed by atoms with Crippen LogP contribution < -0.4 is 10.6 Å². The number of anilines is 3. The average Bonchev–Trinajstić information content (AvgIpc) is 3.38. The molecule has 1 aliphatic rings. The summed E-state index contributed by atoms with van der Waals surface area (Å²) in [5.74, 6) is -0.370. The smallest absolute Gasteiger partial charge is 0.259 e. The van der Waals surface area contributed by atoms with Crippen LogP contribution in [-0.2, 0) is 10.8 Å². The van der Waals surface area contributed by atoms with Gasteiger partial charge in [-0.25, -0.2) is 9.37 Å². The Labute approximate surface area is 199 Å². The first-order valence-electron chi connectivity index (χ1n) is 10.9. The summed E-state index contributed by atoms with van der Waals surface area (Å²) in [7, 11) is -1.44. The molecule has 178 valence electrons. The molecule has 2 atom stereocenters. The molecule has 10 heteroatoms. The molecular formula is C24H26FN5O3S. The highest BCUT2D eigenvalue weighted by Gasteiger charge is 2.25. The van der Waals surface area contributed by atoms with Gasteiger partial charge in [0, 0.05) is 31.2 Å². The van der Waals surface area contributed by atoms with Crippen LogP contribution in [0.5, 0.6) is 0 Å². The molecule has 2 heterocycles. The third-order valence-electron chi connectivity index (χ3n) is 5.61. The van der Waals surface area contributed by atoms with Gasteiger partial charge in [-0.3, -0.25) is 9.00 Å². The summed E-state index contributed by atoms with van der Waals surface area (Å²) in [6.07, 6.45) is 4.74. The van der Waals surface area contributed by atoms with Gasteiger partial charge in [0.25, 0.3) is 5.91 Å². The van der Waals surface area contributed by atoms with Gasteiger partial charge in [-0.05, 0) is 36.6 Å². The van der Waals surface area contributed by atoms with Crippen LogP contribution in [0.25, 0.3) is 0 Å². The predicted octanol–water partition coefficient (Wildman–Crippen LogP) is 3.48. The molecule has 0 spiro atoms. The monoisotopic (exact) mass is 483 g/mol. The standard InChI is InChI=1S/C24H26FN5O3S/c1-34(33)21-10-9-17(13-19(21)25)27-24-26-14-18(23(32)30-11-5-6-12-30)22(29-24)28-20(15-31)16-7-3-2-4-8-16/h2-4,7-10,13-14,20,31H,5-6,11-12,15H2,1H3,(H2,26,27,28,29). The van der Waals surface area contributed by atoms with Crippen molar-refractivity contribution in [1.29, 1.82) is 0 Å². The second kappa shape index (κ2) is 10.7. The minimum atomic E-state index is -1.44. The molecule has 2 unspecified atom stereocenters. The number of amides is 1. The third-order valence-corrected chi connectivity index (χ3v) is 6.56. The molecular weight excluding hydrogens is 457 g/mol. The van der Waals surface area contributed by atoms with Gasteiger partial charge >= 0.3 is 0 Å². The Balaban J connectivity index is 1.66. The van der Waals surface area contributed by atoms with Gasteiger partial charge in [0.05, 0.1) is 28.3 Å². The summed E-state index contributed by atoms with van der Waals surface area (Å²) in [6.45, 7) is 1.13. The quantitative estimate of drug-likeness (QED) is 0.450. The van der Waals surface area contributed by atoms with E-state index in [-0.39, 0.29) is 29.2 Å². The van der Waals surface area contributed by atoms with Gasteiger partial charge in [-0.2, -0.15) is 4.98 Å². The molecule has 1 amide bonds. The number of halogens is 1. The molecule has 1 fully saturated rings. The van der Waals surface area contributed by atoms with Crippen molar-refractivity contribution in [3.63, 3.8) is 0 Å². The number of aliphatic hydroxyl groups excluding tert-OH is 1. The number of nitrogens with zero attached hydrogens (tertiary/aromatic N) is 3. The number of likely N-dealkylation sites (tertiary alicyclic amines) is 1. The molecule has 4 rings (SSSR count). The van der Waals surface area contributed by atoms with Gasteiger partial charge < -0.3 is 20.6 Å². The summed E-state index contributed by atoms with van der Waals surface area (Å²) < 4.78 is 25.9. The lowest BCUT2D eigenvalue weighted by Gasteiger charge is -2.22. The number of hydrogen-bond donors (Lipinski definition) is 3. The van der Waals surface area contributed by atoms with Crippen molar-refractivity contribution in [3.05, 3.63) is 71.7 Å². The molecule has 1 aliphatic heterocycles. The van der Waals surface area contributed by atoms with Gasteiger partial charge in [-0.1, -0.05) is 30.3 Å². The van der Waals surface area contributed by atoms with Crippen molar-refractivity contribution in [3.8, 4) is 0 Å². The van der Waals surface area contributed by atoms with Crippen LogP contribution >= 0.6 is 0 Å². The Bertz CT molecular complexity index is 1190. The topological polar surface area (TPSA) is 107 Å². The number of carbonyl (C=O) groups is 1. The zero-order valence-electron chi connectivity index (χ0n) is 18.7. The zero-order chi connectivity index (χ0) is 24.1. The molecule has 0 saturated carbocycles. The lowest BCUT2D eigenvalue weighted by Crippen LogP contribution is -2.29. The maximum Gasteiger partial charge on any atom is 0.259 e. The highest BCUT2D eigenvalue weighted by Crippen LogP contribution is 2.26. The number of aromatic nitrogens is 2. The first kappa shape index (κ1) is 23.8. The van der Waals surface area contributed by atoms with E-state index in [1.54, 1.807) is 11.0 Å². The number of rotatable bonds is 8. The minimum Gasteiger partial charge on any atom is -0.394 e. The minimum absolute atomic E-state index is 0.106. The van der Waals surface area contributed by atoms with Crippen LogP contribution in [0, 0.1) is 5.82 Å². The maximum atomic E-state index is 14.3. The fourth-order valence-electron chi connectivity index (χ4n) is 3.82. The SMILES string of the molecule is CS(=O)c1ccc(Nc2ncc(C(=O)N3CCCC3)c(NC(CO)c3ccccc3)n2)cc1F. The van der Waals surface area contributed by atoms with Crippen molar-refractivity contribution in [2.45, 2.75) is 23.8 Å². The average molecular weight is 484 g/mol. The molecule has 2 aromatic carbocycles. The van der Waals surface area contributed by atoms with Crippen LogP contribution in [0.3, 0.4) is 0 Å². The summed E-state index contributed by atoms with van der Waals surface area (Å²) in [4.78, 5) is 23.7. The summed E-state index contributed by atoms with van der Waals surface area (Å²) >= 11 is 0. The fraction of sp³-hybridized carbons (Fsp3) is 0.292. The van der Waals surface area contributed by atoms with Gasteiger partial charge in [-0.15, -0.1) is 0 Å². The molecule has 0 radical (unpaired) electrons. The van der Waals surface area contributed by atoms with Crippen LogP contribution in [0.15, 0.2) is 59.6 Å². The Kier molecular flexibility index (Phi) is 7.49. The largest absolute Gasteiger partial charge is 0.394 e. The first-order chi connectivity index (χ1) is 16.5. The van der Waals surface area contributed by atoms with E-state index >= 15 is 0 Å². The Hall–Kier alpha value is -3.37. The van der Waals surface area contributed by atoms with Crippen molar-refractivity contribution >= 4 is 34.2 Å². The first-order valence-corrected chi connectivity index (χ1v) is 12.5. The molecule has 0 bridgehead atoms. The molecule has 0 aliphatic carbocycles. The number of aliphatic hydroxyl groups is 1. The summed E-state index contributed by atoms with van der Waals surface area (Å²) in [5.41, 5.74) is 1.51. The van der Waals surface area contributed by atoms with E-state index in [9.17, 15) is 18.5 Å². The lowest BCUT2D eigenvalue weighted by atomic mass is 10.1. The summed E-state index contributed by atoms with van der Waals surface area (Å²) in [5, 5.41) is 16.1. The fourth-order valence-corrected chi connectivity index (χ4v) is 4.42. The van der Waals surface area contributed by atoms with E-state index < -0.39 is 22.7 Å². The van der Waals surface area contributed by atoms with Gasteiger partial charge in [0.2, 0.25) is 5.95 Å². The van der Waals surface area contributed by atoms with Crippen molar-refractivity contribution in [2.24, 2.45) is 0 Å². The zero-order valence-corrected chi connectivity index (χ0v) is 19.5. The van der Waals surface area contributed by atoms with Crippen LogP contribution in [0.2, 0.25) is 0 Å². The number of nitrogens with one attached hydrogen (secondary N) is 2. The highest BCUT2D eigenvalue weighted by atomic mass is 32.2. The molecule has 34 heavy (non-hydrogen) atoms. The molecule has 1 aromatic heterocycles. The molecule has 8 nitrogen and oxygen atoms in total. The normalized spacial score (nSPS) is 15.1. The van der Waals surface area contributed by atoms with Crippen molar-refractivity contribution < 1.29 is 18.5 Å². The van der Waals surface area contributed by atoms with Crippen molar-refractivity contribution in [2.75, 3.05) is 36.6 Å². The van der Waals surface area contributed by atoms with Crippen LogP contribution in [0.1, 0.15) is 34.8 Å². The van der Waals surface area contributed by atoms with Crippen LogP contribution in [0.4, 0.5) is 21.8 Å². The van der Waals surface area contributed by atoms with Gasteiger partial charge in [0.1, 0.15) is 17.2 Å². The second-order valence-corrected chi connectivity index (χ2v) is 9.32. The van der Waals surface area contributed by atoms with E-state index in [0.717, 1.165) is 18.4 Å². The molecule has 3 aromatic rings.